The van der Waals surface area contributed by atoms with Gasteiger partial charge in [-0.2, -0.15) is 13.2 Å². The second-order valence-corrected chi connectivity index (χ2v) is 6.95. The van der Waals surface area contributed by atoms with E-state index >= 15 is 0 Å². The number of nitrogens with one attached hydrogen (secondary N) is 1. The molecule has 17 heavy (non-hydrogen) atoms. The van der Waals surface area contributed by atoms with E-state index in [4.69, 9.17) is 0 Å². The van der Waals surface area contributed by atoms with Crippen molar-refractivity contribution in [2.75, 3.05) is 9.38 Å². The molecule has 0 aromatic heterocycles. The average molecular weight is 397 g/mol. The van der Waals surface area contributed by atoms with Crippen LogP contribution in [0.1, 0.15) is 5.56 Å². The van der Waals surface area contributed by atoms with Crippen molar-refractivity contribution in [1.82, 2.24) is 0 Å². The lowest BCUT2D eigenvalue weighted by molar-refractivity contribution is -0.136. The third kappa shape index (κ3) is 4.14. The van der Waals surface area contributed by atoms with Crippen molar-refractivity contribution in [1.29, 1.82) is 0 Å². The number of anilines is 1. The van der Waals surface area contributed by atoms with E-state index in [-0.39, 0.29) is 4.47 Å². The summed E-state index contributed by atoms with van der Waals surface area (Å²) in [5.74, 6) is 0. The Balaban J connectivity index is 3.26. The maximum absolute atomic E-state index is 12.6. The van der Waals surface area contributed by atoms with E-state index in [9.17, 15) is 21.6 Å². The molecule has 0 unspecified atom stereocenters. The van der Waals surface area contributed by atoms with Crippen LogP contribution in [-0.2, 0) is 16.2 Å². The van der Waals surface area contributed by atoms with Crippen molar-refractivity contribution in [2.45, 2.75) is 6.18 Å². The highest BCUT2D eigenvalue weighted by molar-refractivity contribution is 9.11. The molecule has 1 N–H and O–H groups in total. The van der Waals surface area contributed by atoms with Crippen molar-refractivity contribution >= 4 is 47.6 Å². The molecule has 0 aliphatic carbocycles. The van der Waals surface area contributed by atoms with Gasteiger partial charge >= 0.3 is 6.18 Å². The molecule has 0 amide bonds. The van der Waals surface area contributed by atoms with Crippen molar-refractivity contribution in [3.8, 4) is 0 Å². The molecule has 0 heterocycles. The zero-order valence-corrected chi connectivity index (χ0v) is 12.0. The van der Waals surface area contributed by atoms with E-state index in [0.717, 1.165) is 12.1 Å². The second-order valence-electron chi connectivity index (χ2n) is 3.01. The largest absolute Gasteiger partial charge is 0.418 e. The molecule has 0 aliphatic rings. The van der Waals surface area contributed by atoms with E-state index in [0.29, 0.717) is 0 Å². The number of hydrogen-bond acceptors (Lipinski definition) is 2. The molecule has 0 spiro atoms. The molecule has 0 atom stereocenters. The molecule has 0 fully saturated rings. The van der Waals surface area contributed by atoms with E-state index in [1.165, 1.54) is 6.07 Å². The fraction of sp³-hybridized carbons (Fsp3) is 0.250. The highest BCUT2D eigenvalue weighted by Crippen LogP contribution is 2.36. The number of sulfonamides is 1. The summed E-state index contributed by atoms with van der Waals surface area (Å²) in [6.45, 7) is 0. The first kappa shape index (κ1) is 14.8. The maximum atomic E-state index is 12.6. The third-order valence-electron chi connectivity index (χ3n) is 1.70. The van der Waals surface area contributed by atoms with Gasteiger partial charge in [0.2, 0.25) is 10.0 Å². The van der Waals surface area contributed by atoms with E-state index < -0.39 is 32.1 Å². The van der Waals surface area contributed by atoms with Gasteiger partial charge in [0.05, 0.1) is 11.3 Å². The van der Waals surface area contributed by atoms with Gasteiger partial charge in [-0.1, -0.05) is 31.9 Å². The lowest BCUT2D eigenvalue weighted by Crippen LogP contribution is -2.17. The summed E-state index contributed by atoms with van der Waals surface area (Å²) in [5, 5.41) is 0. The zero-order chi connectivity index (χ0) is 13.3. The molecule has 1 aromatic rings. The minimum absolute atomic E-state index is 0.214. The first-order valence-electron chi connectivity index (χ1n) is 4.09. The van der Waals surface area contributed by atoms with Crippen LogP contribution in [0.4, 0.5) is 18.9 Å². The Hall–Kier alpha value is -0.280. The Labute approximate surface area is 113 Å². The molecule has 0 saturated heterocycles. The highest BCUT2D eigenvalue weighted by Gasteiger charge is 2.34. The second kappa shape index (κ2) is 5.15. The van der Waals surface area contributed by atoms with E-state index in [1.807, 2.05) is 4.72 Å². The van der Waals surface area contributed by atoms with Crippen molar-refractivity contribution in [3.63, 3.8) is 0 Å². The van der Waals surface area contributed by atoms with Crippen LogP contribution >= 0.6 is 31.9 Å². The van der Waals surface area contributed by atoms with Crippen LogP contribution in [0.3, 0.4) is 0 Å². The van der Waals surface area contributed by atoms with E-state index in [2.05, 4.69) is 31.9 Å². The topological polar surface area (TPSA) is 46.2 Å². The number of benzene rings is 1. The third-order valence-corrected chi connectivity index (χ3v) is 4.82. The number of hydrogen-bond donors (Lipinski definition) is 1. The lowest BCUT2D eigenvalue weighted by atomic mass is 10.2. The molecule has 96 valence electrons. The summed E-state index contributed by atoms with van der Waals surface area (Å²) >= 11 is 5.58. The Morgan fingerprint density at radius 2 is 1.88 bits per heavy atom. The minimum Gasteiger partial charge on any atom is -0.282 e. The first-order chi connectivity index (χ1) is 7.65. The van der Waals surface area contributed by atoms with Gasteiger partial charge in [-0.15, -0.1) is 0 Å². The molecule has 0 saturated carbocycles. The maximum Gasteiger partial charge on any atom is 0.418 e. The van der Waals surface area contributed by atoms with Crippen LogP contribution in [0.15, 0.2) is 22.7 Å². The molecule has 1 aromatic carbocycles. The highest BCUT2D eigenvalue weighted by atomic mass is 79.9. The van der Waals surface area contributed by atoms with Gasteiger partial charge in [-0.05, 0) is 18.2 Å². The number of alkyl halides is 4. The van der Waals surface area contributed by atoms with Crippen molar-refractivity contribution in [2.24, 2.45) is 0 Å². The van der Waals surface area contributed by atoms with E-state index in [1.54, 1.807) is 0 Å². The van der Waals surface area contributed by atoms with Crippen LogP contribution in [0.25, 0.3) is 0 Å². The van der Waals surface area contributed by atoms with Gasteiger partial charge in [-0.3, -0.25) is 4.72 Å². The molecule has 1 rings (SSSR count). The molecular formula is C8H6Br2F3NO2S. The number of halogens is 5. The zero-order valence-electron chi connectivity index (χ0n) is 8.05. The molecule has 0 bridgehead atoms. The quantitative estimate of drug-likeness (QED) is 0.794. The number of rotatable bonds is 3. The van der Waals surface area contributed by atoms with Crippen LogP contribution in [-0.4, -0.2) is 13.1 Å². The fourth-order valence-corrected chi connectivity index (χ4v) is 2.31. The van der Waals surface area contributed by atoms with Crippen LogP contribution in [0, 0.1) is 0 Å². The molecule has 0 aliphatic heterocycles. The summed E-state index contributed by atoms with van der Waals surface area (Å²) in [5.41, 5.74) is -1.54. The Morgan fingerprint density at radius 1 is 1.29 bits per heavy atom. The lowest BCUT2D eigenvalue weighted by Gasteiger charge is -2.14. The molecule has 9 heteroatoms. The predicted molar refractivity (Wildman–Crippen MR) is 65.5 cm³/mol. The van der Waals surface area contributed by atoms with Gasteiger partial charge in [0.25, 0.3) is 0 Å². The summed E-state index contributed by atoms with van der Waals surface area (Å²) in [6, 6.07) is 3.18. The van der Waals surface area contributed by atoms with Gasteiger partial charge in [-0.25, -0.2) is 8.42 Å². The van der Waals surface area contributed by atoms with Crippen molar-refractivity contribution in [3.05, 3.63) is 28.2 Å². The summed E-state index contributed by atoms with van der Waals surface area (Å²) < 4.78 is 61.9. The monoisotopic (exact) mass is 395 g/mol. The van der Waals surface area contributed by atoms with Crippen LogP contribution < -0.4 is 4.72 Å². The predicted octanol–water partition coefficient (Wildman–Crippen LogP) is 3.56. The minimum atomic E-state index is -4.63. The Bertz CT molecular complexity index is 516. The van der Waals surface area contributed by atoms with Crippen LogP contribution in [0.2, 0.25) is 0 Å². The normalized spacial score (nSPS) is 12.5. The summed E-state index contributed by atoms with van der Waals surface area (Å²) in [6.07, 6.45) is -4.63. The molecule has 3 nitrogen and oxygen atoms in total. The smallest absolute Gasteiger partial charge is 0.282 e. The van der Waals surface area contributed by atoms with Crippen LogP contribution in [0.5, 0.6) is 0 Å². The van der Waals surface area contributed by atoms with Crippen molar-refractivity contribution < 1.29 is 21.6 Å². The first-order valence-corrected chi connectivity index (χ1v) is 7.65. The standard InChI is InChI=1S/C8H6Br2F3NO2S/c9-4-17(15,16)14-7-2-1-5(10)3-6(7)8(11,12)13/h1-3,14H,4H2. The summed E-state index contributed by atoms with van der Waals surface area (Å²) in [7, 11) is -3.82. The summed E-state index contributed by atoms with van der Waals surface area (Å²) in [4.78, 5) is 0. The average Bonchev–Trinajstić information content (AvgIpc) is 2.19. The van der Waals surface area contributed by atoms with Gasteiger partial charge in [0, 0.05) is 4.47 Å². The fourth-order valence-electron chi connectivity index (χ4n) is 1.03. The SMILES string of the molecule is O=S(=O)(CBr)Nc1ccc(Br)cc1C(F)(F)F. The van der Waals surface area contributed by atoms with Gasteiger partial charge < -0.3 is 0 Å². The molecule has 0 radical (unpaired) electrons. The Kier molecular flexibility index (Phi) is 4.48. The van der Waals surface area contributed by atoms with Gasteiger partial charge in [0.15, 0.2) is 0 Å². The Morgan fingerprint density at radius 3 is 2.35 bits per heavy atom. The molecular weight excluding hydrogens is 391 g/mol. The van der Waals surface area contributed by atoms with Gasteiger partial charge in [0.1, 0.15) is 4.66 Å².